The molecule has 202 valence electrons. The number of nitrogens with zero attached hydrogens (tertiary/aromatic N) is 1. The molecule has 0 fully saturated rings. The van der Waals surface area contributed by atoms with Crippen molar-refractivity contribution in [1.82, 2.24) is 0 Å². The van der Waals surface area contributed by atoms with Crippen LogP contribution in [-0.2, 0) is 16.0 Å². The molecule has 35 heavy (non-hydrogen) atoms. The van der Waals surface area contributed by atoms with Crippen LogP contribution in [0.3, 0.4) is 0 Å². The van der Waals surface area contributed by atoms with Gasteiger partial charge in [0.25, 0.3) is 0 Å². The topological polar surface area (TPSA) is 29.5 Å². The Hall–Kier alpha value is -0.930. The Kier molecular flexibility index (Phi) is 21.5. The Morgan fingerprint density at radius 3 is 1.54 bits per heavy atom. The molecular formula is C30H51Cl2NO2. The summed E-state index contributed by atoms with van der Waals surface area (Å²) in [6.45, 7) is 4.33. The van der Waals surface area contributed by atoms with Crippen LogP contribution in [0.1, 0.15) is 115 Å². The van der Waals surface area contributed by atoms with E-state index in [1.54, 1.807) is 0 Å². The summed E-state index contributed by atoms with van der Waals surface area (Å²) < 4.78 is 5.44. The smallest absolute Gasteiger partial charge is 0.310 e. The number of anilines is 1. The molecule has 3 nitrogen and oxygen atoms in total. The molecule has 0 aliphatic carbocycles. The van der Waals surface area contributed by atoms with Crippen LogP contribution in [0.25, 0.3) is 0 Å². The molecular weight excluding hydrogens is 477 g/mol. The summed E-state index contributed by atoms with van der Waals surface area (Å²) in [6, 6.07) is 8.02. The number of alkyl halides is 2. The Balaban J connectivity index is 1.95. The van der Waals surface area contributed by atoms with E-state index in [1.807, 2.05) is 24.3 Å². The molecule has 0 aliphatic heterocycles. The average molecular weight is 529 g/mol. The van der Waals surface area contributed by atoms with Gasteiger partial charge in [-0.1, -0.05) is 115 Å². The molecule has 0 radical (unpaired) electrons. The van der Waals surface area contributed by atoms with E-state index in [-0.39, 0.29) is 5.97 Å². The van der Waals surface area contributed by atoms with E-state index < -0.39 is 0 Å². The Morgan fingerprint density at radius 2 is 1.11 bits per heavy atom. The fourth-order valence-electron chi connectivity index (χ4n) is 4.45. The summed E-state index contributed by atoms with van der Waals surface area (Å²) in [5, 5.41) is 0. The minimum atomic E-state index is -0.142. The number of halogens is 2. The van der Waals surface area contributed by atoms with E-state index in [4.69, 9.17) is 27.9 Å². The first-order chi connectivity index (χ1) is 17.2. The summed E-state index contributed by atoms with van der Waals surface area (Å²) in [5.74, 6) is 0.978. The fourth-order valence-corrected chi connectivity index (χ4v) is 4.86. The van der Waals surface area contributed by atoms with Gasteiger partial charge in [-0.15, -0.1) is 23.2 Å². The van der Waals surface area contributed by atoms with Crippen molar-refractivity contribution in [1.29, 1.82) is 0 Å². The highest BCUT2D eigenvalue weighted by molar-refractivity contribution is 6.18. The van der Waals surface area contributed by atoms with E-state index >= 15 is 0 Å². The minimum absolute atomic E-state index is 0.142. The number of esters is 1. The number of hydrogen-bond acceptors (Lipinski definition) is 3. The summed E-state index contributed by atoms with van der Waals surface area (Å²) in [5.41, 5.74) is 2.05. The van der Waals surface area contributed by atoms with Crippen LogP contribution >= 0.6 is 23.2 Å². The number of unbranched alkanes of at least 4 members (excludes halogenated alkanes) is 15. The predicted octanol–water partition coefficient (Wildman–Crippen LogP) is 9.32. The first kappa shape index (κ1) is 32.1. The van der Waals surface area contributed by atoms with Crippen molar-refractivity contribution >= 4 is 34.9 Å². The van der Waals surface area contributed by atoms with Crippen LogP contribution in [0.4, 0.5) is 5.69 Å². The standard InChI is InChI=1S/C30H51Cl2NO2/c1-2-3-4-5-6-7-8-9-10-11-12-13-14-15-16-17-26-35-30(34)27-28-18-20-29(21-19-28)33(24-22-31)25-23-32/h18-21H,2-17,22-27H2,1H3. The zero-order valence-corrected chi connectivity index (χ0v) is 23.9. The molecule has 0 atom stereocenters. The van der Waals surface area contributed by atoms with Gasteiger partial charge in [0.15, 0.2) is 0 Å². The number of rotatable bonds is 24. The van der Waals surface area contributed by atoms with Crippen molar-refractivity contribution in [3.63, 3.8) is 0 Å². The van der Waals surface area contributed by atoms with Crippen LogP contribution in [0.15, 0.2) is 24.3 Å². The lowest BCUT2D eigenvalue weighted by Gasteiger charge is -2.23. The maximum atomic E-state index is 12.1. The number of carbonyl (C=O) groups excluding carboxylic acids is 1. The molecule has 0 bridgehead atoms. The van der Waals surface area contributed by atoms with Gasteiger partial charge in [-0.25, -0.2) is 0 Å². The molecule has 0 spiro atoms. The molecule has 0 aromatic heterocycles. The third-order valence-electron chi connectivity index (χ3n) is 6.62. The number of carbonyl (C=O) groups is 1. The Morgan fingerprint density at radius 1 is 0.686 bits per heavy atom. The van der Waals surface area contributed by atoms with Crippen molar-refractivity contribution < 1.29 is 9.53 Å². The largest absolute Gasteiger partial charge is 0.465 e. The molecule has 1 aromatic rings. The molecule has 0 saturated heterocycles. The van der Waals surface area contributed by atoms with Gasteiger partial charge in [-0.3, -0.25) is 4.79 Å². The zero-order valence-electron chi connectivity index (χ0n) is 22.4. The second-order valence-electron chi connectivity index (χ2n) is 9.73. The summed E-state index contributed by atoms with van der Waals surface area (Å²) >= 11 is 11.8. The number of benzene rings is 1. The van der Waals surface area contributed by atoms with Gasteiger partial charge in [-0.2, -0.15) is 0 Å². The lowest BCUT2D eigenvalue weighted by molar-refractivity contribution is -0.142. The number of ether oxygens (including phenoxy) is 1. The molecule has 0 unspecified atom stereocenters. The van der Waals surface area contributed by atoms with Crippen LogP contribution < -0.4 is 4.90 Å². The third kappa shape index (κ3) is 18.0. The van der Waals surface area contributed by atoms with Crippen LogP contribution in [0.2, 0.25) is 0 Å². The molecule has 0 amide bonds. The van der Waals surface area contributed by atoms with E-state index in [2.05, 4.69) is 11.8 Å². The quantitative estimate of drug-likeness (QED) is 0.0761. The summed E-state index contributed by atoms with van der Waals surface area (Å²) in [6.07, 6.45) is 21.9. The lowest BCUT2D eigenvalue weighted by atomic mass is 10.0. The first-order valence-corrected chi connectivity index (χ1v) is 15.4. The zero-order chi connectivity index (χ0) is 25.4. The molecule has 1 aromatic carbocycles. The van der Waals surface area contributed by atoms with Crippen molar-refractivity contribution in [3.8, 4) is 0 Å². The summed E-state index contributed by atoms with van der Waals surface area (Å²) in [4.78, 5) is 14.3. The van der Waals surface area contributed by atoms with E-state index in [9.17, 15) is 4.79 Å². The highest BCUT2D eigenvalue weighted by Gasteiger charge is 2.08. The molecule has 0 aliphatic rings. The van der Waals surface area contributed by atoms with E-state index in [0.29, 0.717) is 24.8 Å². The molecule has 0 heterocycles. The van der Waals surface area contributed by atoms with E-state index in [0.717, 1.165) is 37.2 Å². The lowest BCUT2D eigenvalue weighted by Crippen LogP contribution is -2.27. The van der Waals surface area contributed by atoms with Gasteiger partial charge < -0.3 is 9.64 Å². The van der Waals surface area contributed by atoms with Gasteiger partial charge >= 0.3 is 5.97 Å². The van der Waals surface area contributed by atoms with Crippen LogP contribution in [0.5, 0.6) is 0 Å². The number of hydrogen-bond donors (Lipinski definition) is 0. The maximum Gasteiger partial charge on any atom is 0.310 e. The highest BCUT2D eigenvalue weighted by Crippen LogP contribution is 2.17. The van der Waals surface area contributed by atoms with Gasteiger partial charge in [-0.05, 0) is 24.1 Å². The Bertz CT molecular complexity index is 603. The first-order valence-electron chi connectivity index (χ1n) is 14.3. The molecule has 0 N–H and O–H groups in total. The average Bonchev–Trinajstić information content (AvgIpc) is 2.86. The van der Waals surface area contributed by atoms with Gasteiger partial charge in [0.2, 0.25) is 0 Å². The Labute approximate surface area is 226 Å². The van der Waals surface area contributed by atoms with E-state index in [1.165, 1.54) is 89.9 Å². The van der Waals surface area contributed by atoms with Crippen molar-refractivity contribution in [3.05, 3.63) is 29.8 Å². The second kappa shape index (κ2) is 23.5. The molecule has 5 heteroatoms. The van der Waals surface area contributed by atoms with Crippen LogP contribution in [-0.4, -0.2) is 37.4 Å². The van der Waals surface area contributed by atoms with Crippen molar-refractivity contribution in [2.24, 2.45) is 0 Å². The monoisotopic (exact) mass is 527 g/mol. The van der Waals surface area contributed by atoms with Crippen LogP contribution in [0, 0.1) is 0 Å². The third-order valence-corrected chi connectivity index (χ3v) is 6.96. The summed E-state index contributed by atoms with van der Waals surface area (Å²) in [7, 11) is 0. The maximum absolute atomic E-state index is 12.1. The molecule has 0 saturated carbocycles. The minimum Gasteiger partial charge on any atom is -0.465 e. The SMILES string of the molecule is CCCCCCCCCCCCCCCCCCOC(=O)Cc1ccc(N(CCCl)CCCl)cc1. The predicted molar refractivity (Wildman–Crippen MR) is 154 cm³/mol. The fraction of sp³-hybridized carbons (Fsp3) is 0.767. The van der Waals surface area contributed by atoms with Gasteiger partial charge in [0.05, 0.1) is 13.0 Å². The molecule has 1 rings (SSSR count). The van der Waals surface area contributed by atoms with Crippen molar-refractivity contribution in [2.75, 3.05) is 36.4 Å². The second-order valence-corrected chi connectivity index (χ2v) is 10.5. The van der Waals surface area contributed by atoms with Crippen molar-refractivity contribution in [2.45, 2.75) is 116 Å². The highest BCUT2D eigenvalue weighted by atomic mass is 35.5. The normalized spacial score (nSPS) is 11.1. The van der Waals surface area contributed by atoms with Gasteiger partial charge in [0.1, 0.15) is 0 Å². The van der Waals surface area contributed by atoms with Gasteiger partial charge in [0, 0.05) is 30.5 Å².